The third-order valence-electron chi connectivity index (χ3n) is 6.13. The lowest BCUT2D eigenvalue weighted by molar-refractivity contribution is -0.150. The number of anilines is 1. The zero-order valence-corrected chi connectivity index (χ0v) is 18.9. The van der Waals surface area contributed by atoms with E-state index in [1.165, 1.54) is 37.3 Å². The van der Waals surface area contributed by atoms with Gasteiger partial charge in [0.2, 0.25) is 0 Å². The first kappa shape index (κ1) is 22.9. The number of nitrogens with zero attached hydrogens (tertiary/aromatic N) is 1. The Morgan fingerprint density at radius 3 is 1.89 bits per heavy atom. The van der Waals surface area contributed by atoms with E-state index in [-0.39, 0.29) is 44.9 Å². The van der Waals surface area contributed by atoms with Crippen molar-refractivity contribution in [3.05, 3.63) is 100 Å². The van der Waals surface area contributed by atoms with Crippen molar-refractivity contribution in [1.82, 2.24) is 4.90 Å². The number of carbonyl (C=O) groups excluding carboxylic acids is 6. The highest BCUT2D eigenvalue weighted by Crippen LogP contribution is 2.32. The van der Waals surface area contributed by atoms with Crippen LogP contribution in [0.3, 0.4) is 0 Å². The van der Waals surface area contributed by atoms with Gasteiger partial charge in [0.15, 0.2) is 18.2 Å². The molecule has 1 atom stereocenters. The molecule has 1 aliphatic carbocycles. The molecule has 0 aromatic heterocycles. The summed E-state index contributed by atoms with van der Waals surface area (Å²) in [5.74, 6) is -3.70. The van der Waals surface area contributed by atoms with E-state index in [0.717, 1.165) is 4.90 Å². The van der Waals surface area contributed by atoms with Crippen LogP contribution in [0.4, 0.5) is 5.69 Å². The second kappa shape index (κ2) is 8.70. The molecule has 0 spiro atoms. The summed E-state index contributed by atoms with van der Waals surface area (Å²) in [6.45, 7) is 0.603. The van der Waals surface area contributed by atoms with Crippen LogP contribution in [-0.4, -0.2) is 52.8 Å². The summed E-state index contributed by atoms with van der Waals surface area (Å²) >= 11 is 0. The summed E-state index contributed by atoms with van der Waals surface area (Å²) in [5.41, 5.74) is 1.22. The number of amides is 3. The zero-order valence-electron chi connectivity index (χ0n) is 18.9. The number of rotatable bonds is 5. The summed E-state index contributed by atoms with van der Waals surface area (Å²) in [6, 6.07) is 15.9. The maximum absolute atomic E-state index is 13.1. The number of fused-ring (bicyclic) bond motifs is 3. The van der Waals surface area contributed by atoms with Crippen molar-refractivity contribution in [3.8, 4) is 0 Å². The van der Waals surface area contributed by atoms with Crippen molar-refractivity contribution in [1.29, 1.82) is 0 Å². The van der Waals surface area contributed by atoms with Gasteiger partial charge >= 0.3 is 5.97 Å². The highest BCUT2D eigenvalue weighted by atomic mass is 16.5. The number of esters is 1. The minimum absolute atomic E-state index is 0.0558. The molecule has 1 heterocycles. The van der Waals surface area contributed by atoms with Crippen LogP contribution in [0.5, 0.6) is 0 Å². The maximum atomic E-state index is 13.1. The molecule has 3 aromatic rings. The molecule has 1 N–H and O–H groups in total. The zero-order chi connectivity index (χ0) is 25.6. The van der Waals surface area contributed by atoms with Crippen LogP contribution in [0.15, 0.2) is 66.7 Å². The third kappa shape index (κ3) is 3.58. The number of imide groups is 1. The van der Waals surface area contributed by atoms with Crippen LogP contribution < -0.4 is 5.32 Å². The van der Waals surface area contributed by atoms with E-state index in [9.17, 15) is 28.8 Å². The van der Waals surface area contributed by atoms with Crippen molar-refractivity contribution in [2.45, 2.75) is 13.0 Å². The lowest BCUT2D eigenvalue weighted by Crippen LogP contribution is -2.44. The third-order valence-corrected chi connectivity index (χ3v) is 6.13. The molecule has 0 unspecified atom stereocenters. The van der Waals surface area contributed by atoms with Crippen LogP contribution in [-0.2, 0) is 14.3 Å². The molecule has 0 bridgehead atoms. The van der Waals surface area contributed by atoms with Crippen LogP contribution in [0.1, 0.15) is 59.5 Å². The van der Waals surface area contributed by atoms with Gasteiger partial charge in [0.05, 0.1) is 22.4 Å². The van der Waals surface area contributed by atoms with Crippen molar-refractivity contribution in [2.75, 3.05) is 11.9 Å². The van der Waals surface area contributed by atoms with E-state index in [0.29, 0.717) is 0 Å². The quantitative estimate of drug-likeness (QED) is 0.342. The largest absolute Gasteiger partial charge is 0.454 e. The maximum Gasteiger partial charge on any atom is 0.329 e. The molecule has 1 aliphatic heterocycles. The highest BCUT2D eigenvalue weighted by molar-refractivity contribution is 6.30. The second-order valence-electron chi connectivity index (χ2n) is 8.29. The molecule has 3 aromatic carbocycles. The predicted molar refractivity (Wildman–Crippen MR) is 126 cm³/mol. The predicted octanol–water partition coefficient (Wildman–Crippen LogP) is 2.63. The SMILES string of the molecule is C[C@H](C(=O)OCC(=O)Nc1cccc2c1C(=O)c1ccccc1C2=O)N1C(=O)c2ccccc2C1=O. The number of ketones is 2. The molecule has 3 amide bonds. The fraction of sp³-hybridized carbons (Fsp3) is 0.111. The number of benzene rings is 3. The lowest BCUT2D eigenvalue weighted by atomic mass is 9.83. The van der Waals surface area contributed by atoms with Gasteiger partial charge in [-0.25, -0.2) is 4.79 Å². The van der Waals surface area contributed by atoms with Crippen LogP contribution in [0, 0.1) is 0 Å². The second-order valence-corrected chi connectivity index (χ2v) is 8.29. The van der Waals surface area contributed by atoms with Crippen LogP contribution >= 0.6 is 0 Å². The van der Waals surface area contributed by atoms with Gasteiger partial charge in [0.1, 0.15) is 6.04 Å². The van der Waals surface area contributed by atoms with Gasteiger partial charge in [0.25, 0.3) is 17.7 Å². The van der Waals surface area contributed by atoms with Gasteiger partial charge in [-0.05, 0) is 25.1 Å². The first-order chi connectivity index (χ1) is 17.3. The van der Waals surface area contributed by atoms with Crippen molar-refractivity contribution >= 4 is 40.9 Å². The van der Waals surface area contributed by atoms with Gasteiger partial charge < -0.3 is 10.1 Å². The monoisotopic (exact) mass is 482 g/mol. The molecule has 0 saturated heterocycles. The molecule has 0 radical (unpaired) electrons. The normalized spacial score (nSPS) is 14.6. The van der Waals surface area contributed by atoms with E-state index in [1.54, 1.807) is 36.4 Å². The van der Waals surface area contributed by atoms with Gasteiger partial charge in [-0.2, -0.15) is 0 Å². The topological polar surface area (TPSA) is 127 Å². The van der Waals surface area contributed by atoms with E-state index in [4.69, 9.17) is 4.74 Å². The number of ether oxygens (including phenoxy) is 1. The number of hydrogen-bond acceptors (Lipinski definition) is 7. The first-order valence-electron chi connectivity index (χ1n) is 11.0. The van der Waals surface area contributed by atoms with Gasteiger partial charge in [-0.15, -0.1) is 0 Å². The molecular weight excluding hydrogens is 464 g/mol. The molecule has 178 valence electrons. The molecule has 9 nitrogen and oxygen atoms in total. The Balaban J connectivity index is 1.27. The van der Waals surface area contributed by atoms with Crippen LogP contribution in [0.2, 0.25) is 0 Å². The lowest BCUT2D eigenvalue weighted by Gasteiger charge is -2.21. The Kier molecular flexibility index (Phi) is 5.52. The summed E-state index contributed by atoms with van der Waals surface area (Å²) in [7, 11) is 0. The average Bonchev–Trinajstić information content (AvgIpc) is 3.15. The smallest absolute Gasteiger partial charge is 0.329 e. The minimum Gasteiger partial charge on any atom is -0.454 e. The fourth-order valence-electron chi connectivity index (χ4n) is 4.36. The number of nitrogens with one attached hydrogen (secondary N) is 1. The van der Waals surface area contributed by atoms with E-state index < -0.39 is 42.1 Å². The Bertz CT molecular complexity index is 1470. The molecular formula is C27H18N2O7. The summed E-state index contributed by atoms with van der Waals surface area (Å²) in [5, 5.41) is 2.51. The summed E-state index contributed by atoms with van der Waals surface area (Å²) in [4.78, 5) is 76.9. The van der Waals surface area contributed by atoms with Crippen molar-refractivity contribution in [2.24, 2.45) is 0 Å². The molecule has 36 heavy (non-hydrogen) atoms. The van der Waals surface area contributed by atoms with Gasteiger partial charge in [-0.1, -0.05) is 48.5 Å². The summed E-state index contributed by atoms with van der Waals surface area (Å²) in [6.07, 6.45) is 0. The van der Waals surface area contributed by atoms with Gasteiger partial charge in [-0.3, -0.25) is 28.9 Å². The molecule has 0 saturated carbocycles. The molecule has 9 heteroatoms. The van der Waals surface area contributed by atoms with Crippen LogP contribution in [0.25, 0.3) is 0 Å². The standard InChI is InChI=1S/C27H18N2O7/c1-14(29-25(33)17-9-4-5-10-18(17)26(29)34)27(35)36-13-21(30)28-20-12-6-11-19-22(20)24(32)16-8-3-2-7-15(16)23(19)31/h2-12,14H,13H2,1H3,(H,28,30)/t14-/m1/s1. The first-order valence-corrected chi connectivity index (χ1v) is 11.0. The Morgan fingerprint density at radius 2 is 1.28 bits per heavy atom. The van der Waals surface area contributed by atoms with Crippen molar-refractivity contribution < 1.29 is 33.5 Å². The number of carbonyl (C=O) groups is 6. The molecule has 5 rings (SSSR count). The molecule has 0 fully saturated rings. The van der Waals surface area contributed by atoms with Gasteiger partial charge in [0, 0.05) is 16.7 Å². The Labute approximate surface area is 204 Å². The Morgan fingerprint density at radius 1 is 0.750 bits per heavy atom. The van der Waals surface area contributed by atoms with E-state index in [2.05, 4.69) is 5.32 Å². The highest BCUT2D eigenvalue weighted by Gasteiger charge is 2.41. The van der Waals surface area contributed by atoms with Crippen molar-refractivity contribution in [3.63, 3.8) is 0 Å². The Hall–Kier alpha value is -4.92. The van der Waals surface area contributed by atoms with E-state index >= 15 is 0 Å². The molecule has 2 aliphatic rings. The fourth-order valence-corrected chi connectivity index (χ4v) is 4.36. The minimum atomic E-state index is -1.26. The van der Waals surface area contributed by atoms with E-state index in [1.807, 2.05) is 0 Å². The number of hydrogen-bond donors (Lipinski definition) is 1. The average molecular weight is 482 g/mol. The summed E-state index contributed by atoms with van der Waals surface area (Å²) < 4.78 is 5.05.